The van der Waals surface area contributed by atoms with Gasteiger partial charge < -0.3 is 20.5 Å². The number of carbonyl (C=O) groups is 1. The summed E-state index contributed by atoms with van der Waals surface area (Å²) < 4.78 is 5.62. The fourth-order valence-electron chi connectivity index (χ4n) is 1.57. The molecule has 0 spiro atoms. The number of ether oxygens (including phenoxy) is 1. The molecule has 106 valence electrons. The van der Waals surface area contributed by atoms with E-state index in [9.17, 15) is 4.79 Å². The van der Waals surface area contributed by atoms with Crippen LogP contribution in [0, 0.1) is 0 Å². The lowest BCUT2D eigenvalue weighted by atomic mass is 10.2. The second-order valence-electron chi connectivity index (χ2n) is 4.67. The summed E-state index contributed by atoms with van der Waals surface area (Å²) in [4.78, 5) is 11.8. The molecule has 0 unspecified atom stereocenters. The molecule has 0 fully saturated rings. The van der Waals surface area contributed by atoms with Crippen LogP contribution in [0.5, 0.6) is 5.75 Å². The molecule has 0 aromatic heterocycles. The van der Waals surface area contributed by atoms with E-state index in [0.29, 0.717) is 17.9 Å². The second-order valence-corrected chi connectivity index (χ2v) is 4.67. The summed E-state index contributed by atoms with van der Waals surface area (Å²) >= 11 is 0. The SMILES string of the molecule is CC(C)Oc1ccccc1NC(=O)N[C@H](C)CCO. The van der Waals surface area contributed by atoms with E-state index in [1.165, 1.54) is 0 Å². The number of rotatable bonds is 6. The van der Waals surface area contributed by atoms with E-state index in [-0.39, 0.29) is 24.8 Å². The molecule has 0 bridgehead atoms. The Balaban J connectivity index is 2.63. The first-order valence-corrected chi connectivity index (χ1v) is 6.47. The zero-order chi connectivity index (χ0) is 14.3. The van der Waals surface area contributed by atoms with Gasteiger partial charge >= 0.3 is 6.03 Å². The molecule has 1 aromatic carbocycles. The van der Waals surface area contributed by atoms with Gasteiger partial charge in [-0.3, -0.25) is 0 Å². The molecule has 19 heavy (non-hydrogen) atoms. The highest BCUT2D eigenvalue weighted by molar-refractivity contribution is 5.91. The van der Waals surface area contributed by atoms with Gasteiger partial charge in [0.05, 0.1) is 11.8 Å². The molecule has 5 heteroatoms. The summed E-state index contributed by atoms with van der Waals surface area (Å²) in [5.41, 5.74) is 0.630. The van der Waals surface area contributed by atoms with Crippen LogP contribution >= 0.6 is 0 Å². The summed E-state index contributed by atoms with van der Waals surface area (Å²) in [6.07, 6.45) is 0.566. The number of carbonyl (C=O) groups excluding carboxylic acids is 1. The van der Waals surface area contributed by atoms with Gasteiger partial charge in [0, 0.05) is 12.6 Å². The molecule has 0 aliphatic heterocycles. The topological polar surface area (TPSA) is 70.6 Å². The van der Waals surface area contributed by atoms with E-state index in [0.717, 1.165) is 0 Å². The molecule has 1 aromatic rings. The maximum Gasteiger partial charge on any atom is 0.319 e. The predicted molar refractivity (Wildman–Crippen MR) is 75.5 cm³/mol. The van der Waals surface area contributed by atoms with Gasteiger partial charge in [0.25, 0.3) is 0 Å². The Hall–Kier alpha value is -1.75. The van der Waals surface area contributed by atoms with Gasteiger partial charge in [-0.05, 0) is 39.3 Å². The van der Waals surface area contributed by atoms with Crippen LogP contribution in [-0.2, 0) is 0 Å². The number of amides is 2. The fraction of sp³-hybridized carbons (Fsp3) is 0.500. The summed E-state index contributed by atoms with van der Waals surface area (Å²) in [5.74, 6) is 0.641. The Morgan fingerprint density at radius 1 is 1.32 bits per heavy atom. The van der Waals surface area contributed by atoms with Crippen molar-refractivity contribution in [3.63, 3.8) is 0 Å². The van der Waals surface area contributed by atoms with E-state index < -0.39 is 0 Å². The average molecular weight is 266 g/mol. The number of aliphatic hydroxyl groups is 1. The normalized spacial score (nSPS) is 12.1. The number of urea groups is 1. The maximum absolute atomic E-state index is 11.8. The van der Waals surface area contributed by atoms with Gasteiger partial charge in [0.1, 0.15) is 5.75 Å². The van der Waals surface area contributed by atoms with Crippen LogP contribution in [0.4, 0.5) is 10.5 Å². The van der Waals surface area contributed by atoms with Crippen molar-refractivity contribution >= 4 is 11.7 Å². The summed E-state index contributed by atoms with van der Waals surface area (Å²) in [5, 5.41) is 14.3. The molecule has 0 heterocycles. The summed E-state index contributed by atoms with van der Waals surface area (Å²) in [6.45, 7) is 5.75. The van der Waals surface area contributed by atoms with Crippen LogP contribution in [-0.4, -0.2) is 29.9 Å². The van der Waals surface area contributed by atoms with Crippen LogP contribution in [0.3, 0.4) is 0 Å². The predicted octanol–water partition coefficient (Wildman–Crippen LogP) is 2.37. The minimum Gasteiger partial charge on any atom is -0.489 e. The highest BCUT2D eigenvalue weighted by Gasteiger charge is 2.10. The first kappa shape index (κ1) is 15.3. The first-order chi connectivity index (χ1) is 9.02. The zero-order valence-electron chi connectivity index (χ0n) is 11.6. The van der Waals surface area contributed by atoms with Crippen molar-refractivity contribution < 1.29 is 14.6 Å². The lowest BCUT2D eigenvalue weighted by molar-refractivity contribution is 0.237. The minimum absolute atomic E-state index is 0.0410. The average Bonchev–Trinajstić information content (AvgIpc) is 2.31. The number of anilines is 1. The van der Waals surface area contributed by atoms with E-state index in [1.807, 2.05) is 39.0 Å². The third kappa shape index (κ3) is 5.61. The Morgan fingerprint density at radius 2 is 2.00 bits per heavy atom. The van der Waals surface area contributed by atoms with E-state index in [4.69, 9.17) is 9.84 Å². The molecule has 1 rings (SSSR count). The number of hydrogen-bond acceptors (Lipinski definition) is 3. The van der Waals surface area contributed by atoms with E-state index >= 15 is 0 Å². The number of aliphatic hydroxyl groups excluding tert-OH is 1. The van der Waals surface area contributed by atoms with Crippen LogP contribution in [0.1, 0.15) is 27.2 Å². The smallest absolute Gasteiger partial charge is 0.319 e. The monoisotopic (exact) mass is 266 g/mol. The second kappa shape index (κ2) is 7.63. The molecule has 0 aliphatic carbocycles. The van der Waals surface area contributed by atoms with Crippen LogP contribution in [0.25, 0.3) is 0 Å². The molecular weight excluding hydrogens is 244 g/mol. The largest absolute Gasteiger partial charge is 0.489 e. The fourth-order valence-corrected chi connectivity index (χ4v) is 1.57. The zero-order valence-corrected chi connectivity index (χ0v) is 11.6. The van der Waals surface area contributed by atoms with Gasteiger partial charge in [-0.25, -0.2) is 4.79 Å². The molecule has 0 saturated carbocycles. The summed E-state index contributed by atoms with van der Waals surface area (Å²) in [6, 6.07) is 6.90. The van der Waals surface area contributed by atoms with Crippen LogP contribution in [0.2, 0.25) is 0 Å². The van der Waals surface area contributed by atoms with Crippen LogP contribution < -0.4 is 15.4 Å². The molecule has 2 amide bonds. The first-order valence-electron chi connectivity index (χ1n) is 6.47. The van der Waals surface area contributed by atoms with E-state index in [1.54, 1.807) is 6.07 Å². The highest BCUT2D eigenvalue weighted by atomic mass is 16.5. The Morgan fingerprint density at radius 3 is 2.63 bits per heavy atom. The number of hydrogen-bond donors (Lipinski definition) is 3. The number of nitrogens with one attached hydrogen (secondary N) is 2. The Bertz CT molecular complexity index is 407. The van der Waals surface area contributed by atoms with E-state index in [2.05, 4.69) is 10.6 Å². The van der Waals surface area contributed by atoms with Crippen molar-refractivity contribution in [2.75, 3.05) is 11.9 Å². The standard InChI is InChI=1S/C14H22N2O3/c1-10(2)19-13-7-5-4-6-12(13)16-14(18)15-11(3)8-9-17/h4-7,10-11,17H,8-9H2,1-3H3,(H2,15,16,18)/t11-/m1/s1. The Kier molecular flexibility index (Phi) is 6.15. The lowest BCUT2D eigenvalue weighted by Crippen LogP contribution is -2.36. The number of benzene rings is 1. The van der Waals surface area contributed by atoms with Crippen molar-refractivity contribution in [1.82, 2.24) is 5.32 Å². The van der Waals surface area contributed by atoms with Gasteiger partial charge in [-0.2, -0.15) is 0 Å². The van der Waals surface area contributed by atoms with Crippen molar-refractivity contribution in [2.45, 2.75) is 39.3 Å². The quantitative estimate of drug-likeness (QED) is 0.740. The molecule has 1 atom stereocenters. The molecule has 0 saturated heterocycles. The van der Waals surface area contributed by atoms with Gasteiger partial charge in [-0.15, -0.1) is 0 Å². The minimum atomic E-state index is -0.305. The maximum atomic E-state index is 11.8. The number of para-hydroxylation sites is 2. The molecule has 3 N–H and O–H groups in total. The van der Waals surface area contributed by atoms with Crippen molar-refractivity contribution in [3.8, 4) is 5.75 Å². The van der Waals surface area contributed by atoms with Gasteiger partial charge in [-0.1, -0.05) is 12.1 Å². The molecule has 0 aliphatic rings. The highest BCUT2D eigenvalue weighted by Crippen LogP contribution is 2.24. The third-order valence-electron chi connectivity index (χ3n) is 2.44. The van der Waals surface area contributed by atoms with Crippen molar-refractivity contribution in [2.24, 2.45) is 0 Å². The Labute approximate surface area is 114 Å². The summed E-state index contributed by atoms with van der Waals surface area (Å²) in [7, 11) is 0. The van der Waals surface area contributed by atoms with Gasteiger partial charge in [0.15, 0.2) is 0 Å². The van der Waals surface area contributed by atoms with Crippen molar-refractivity contribution in [3.05, 3.63) is 24.3 Å². The van der Waals surface area contributed by atoms with Gasteiger partial charge in [0.2, 0.25) is 0 Å². The lowest BCUT2D eigenvalue weighted by Gasteiger charge is -2.17. The molecular formula is C14H22N2O3. The van der Waals surface area contributed by atoms with Crippen molar-refractivity contribution in [1.29, 1.82) is 0 Å². The molecule has 0 radical (unpaired) electrons. The third-order valence-corrected chi connectivity index (χ3v) is 2.44. The van der Waals surface area contributed by atoms with Crippen LogP contribution in [0.15, 0.2) is 24.3 Å². The molecule has 5 nitrogen and oxygen atoms in total.